The number of allylic oxidation sites excluding steroid dienone is 2. The van der Waals surface area contributed by atoms with Gasteiger partial charge in [0.25, 0.3) is 0 Å². The Kier molecular flexibility index (Phi) is 4.29. The van der Waals surface area contributed by atoms with Crippen LogP contribution in [0.25, 0.3) is 0 Å². The molecule has 0 amide bonds. The van der Waals surface area contributed by atoms with Gasteiger partial charge in [-0.1, -0.05) is 0 Å². The molecule has 0 saturated carbocycles. The molecule has 0 aromatic rings. The van der Waals surface area contributed by atoms with Crippen LogP contribution < -0.4 is 0 Å². The first-order chi connectivity index (χ1) is 7.95. The van der Waals surface area contributed by atoms with Gasteiger partial charge in [0.15, 0.2) is 12.4 Å². The average Bonchev–Trinajstić information content (AvgIpc) is 2.37. The lowest BCUT2D eigenvalue weighted by molar-refractivity contribution is 0.675. The lowest BCUT2D eigenvalue weighted by atomic mass is 9.94. The van der Waals surface area contributed by atoms with Crippen LogP contribution in [0.5, 0.6) is 0 Å². The smallest absolute Gasteiger partial charge is 0.187 e. The van der Waals surface area contributed by atoms with Gasteiger partial charge >= 0.3 is 0 Å². The summed E-state index contributed by atoms with van der Waals surface area (Å²) in [5.41, 5.74) is 0. The van der Waals surface area contributed by atoms with E-state index >= 15 is 0 Å². The third-order valence-corrected chi connectivity index (χ3v) is 2.90. The molecule has 0 spiro atoms. The lowest BCUT2D eigenvalue weighted by Gasteiger charge is -2.02. The van der Waals surface area contributed by atoms with Gasteiger partial charge in [-0.25, -0.2) is 9.98 Å². The summed E-state index contributed by atoms with van der Waals surface area (Å²) < 4.78 is 0. The molecular formula is C14H18N2+2. The Morgan fingerprint density at radius 3 is 1.69 bits per heavy atom. The van der Waals surface area contributed by atoms with Crippen molar-refractivity contribution in [3.05, 3.63) is 36.4 Å². The van der Waals surface area contributed by atoms with E-state index in [4.69, 9.17) is 0 Å². The average molecular weight is 214 g/mol. The number of hydrogen-bond acceptors (Lipinski definition) is 2. The van der Waals surface area contributed by atoms with E-state index < -0.39 is 0 Å². The fourth-order valence-electron chi connectivity index (χ4n) is 1.97. The van der Waals surface area contributed by atoms with Gasteiger partial charge in [0.1, 0.15) is 24.7 Å². The number of unbranched alkanes of at least 4 members (excludes halogenated alkanes) is 1. The van der Waals surface area contributed by atoms with Crippen molar-refractivity contribution in [1.82, 2.24) is 0 Å². The van der Waals surface area contributed by atoms with Crippen molar-refractivity contribution in [2.45, 2.75) is 38.5 Å². The van der Waals surface area contributed by atoms with Crippen LogP contribution in [0.3, 0.4) is 0 Å². The SMILES string of the molecule is C1=CN=C[C+](CCCC[C+]2C=NC=CC2)C1. The Labute approximate surface area is 97.9 Å². The fraction of sp³-hybridized carbons (Fsp3) is 0.429. The Balaban J connectivity index is 1.55. The second-order valence-electron chi connectivity index (χ2n) is 4.26. The molecule has 2 rings (SSSR count). The maximum atomic E-state index is 4.15. The first-order valence-corrected chi connectivity index (χ1v) is 6.01. The van der Waals surface area contributed by atoms with Crippen molar-refractivity contribution in [2.75, 3.05) is 0 Å². The number of nitrogens with zero attached hydrogens (tertiary/aromatic N) is 2. The predicted molar refractivity (Wildman–Crippen MR) is 69.5 cm³/mol. The molecule has 0 aliphatic carbocycles. The number of rotatable bonds is 5. The first-order valence-electron chi connectivity index (χ1n) is 6.01. The summed E-state index contributed by atoms with van der Waals surface area (Å²) in [5, 5.41) is 0. The lowest BCUT2D eigenvalue weighted by Crippen LogP contribution is -2.03. The fourth-order valence-corrected chi connectivity index (χ4v) is 1.97. The van der Waals surface area contributed by atoms with Gasteiger partial charge in [0, 0.05) is 12.4 Å². The van der Waals surface area contributed by atoms with Crippen LogP contribution in [0.4, 0.5) is 0 Å². The molecule has 0 radical (unpaired) electrons. The summed E-state index contributed by atoms with van der Waals surface area (Å²) in [7, 11) is 0. The van der Waals surface area contributed by atoms with E-state index in [1.54, 1.807) is 0 Å². The minimum Gasteiger partial charge on any atom is -0.222 e. The van der Waals surface area contributed by atoms with Crippen LogP contribution in [0.2, 0.25) is 0 Å². The van der Waals surface area contributed by atoms with Gasteiger partial charge in [-0.3, -0.25) is 0 Å². The summed E-state index contributed by atoms with van der Waals surface area (Å²) in [6.07, 6.45) is 19.1. The normalized spacial score (nSPS) is 18.5. The van der Waals surface area contributed by atoms with Gasteiger partial charge in [0.05, 0.1) is 12.8 Å². The quantitative estimate of drug-likeness (QED) is 0.493. The Bertz CT molecular complexity index is 281. The minimum atomic E-state index is 1.09. The molecule has 0 N–H and O–H groups in total. The molecule has 0 bridgehead atoms. The number of hydrogen-bond donors (Lipinski definition) is 0. The third kappa shape index (κ3) is 3.61. The molecule has 2 aliphatic rings. The van der Waals surface area contributed by atoms with Gasteiger partial charge in [-0.15, -0.1) is 0 Å². The topological polar surface area (TPSA) is 24.7 Å². The van der Waals surface area contributed by atoms with Crippen molar-refractivity contribution in [3.8, 4) is 0 Å². The highest BCUT2D eigenvalue weighted by Crippen LogP contribution is 2.21. The molecule has 0 fully saturated rings. The van der Waals surface area contributed by atoms with Gasteiger partial charge in [-0.05, 0) is 25.0 Å². The molecule has 16 heavy (non-hydrogen) atoms. The second-order valence-corrected chi connectivity index (χ2v) is 4.26. The van der Waals surface area contributed by atoms with E-state index in [0.717, 1.165) is 12.8 Å². The standard InChI is InChI=1S/C14H18N2/c1(5-13-7-3-9-15-11-13)2-6-14-8-4-10-16-12-14/h3-4,9-12H,1-2,5-8H2/q+2. The van der Waals surface area contributed by atoms with E-state index in [9.17, 15) is 0 Å². The predicted octanol–water partition coefficient (Wildman–Crippen LogP) is 3.67. The zero-order valence-corrected chi connectivity index (χ0v) is 9.60. The van der Waals surface area contributed by atoms with E-state index in [1.807, 2.05) is 24.8 Å². The Morgan fingerprint density at radius 2 is 1.31 bits per heavy atom. The van der Waals surface area contributed by atoms with Gasteiger partial charge in [-0.2, -0.15) is 0 Å². The molecule has 0 aromatic carbocycles. The largest absolute Gasteiger partial charge is 0.222 e. The summed E-state index contributed by atoms with van der Waals surface area (Å²) in [5.74, 6) is 2.93. The van der Waals surface area contributed by atoms with Crippen molar-refractivity contribution >= 4 is 12.4 Å². The summed E-state index contributed by atoms with van der Waals surface area (Å²) in [4.78, 5) is 8.30. The van der Waals surface area contributed by atoms with Crippen molar-refractivity contribution in [2.24, 2.45) is 9.98 Å². The van der Waals surface area contributed by atoms with Crippen molar-refractivity contribution < 1.29 is 0 Å². The van der Waals surface area contributed by atoms with Crippen LogP contribution in [0.1, 0.15) is 38.5 Å². The molecule has 82 valence electrons. The molecule has 2 nitrogen and oxygen atoms in total. The van der Waals surface area contributed by atoms with Crippen molar-refractivity contribution in [3.63, 3.8) is 0 Å². The van der Waals surface area contributed by atoms with Gasteiger partial charge < -0.3 is 0 Å². The van der Waals surface area contributed by atoms with Crippen molar-refractivity contribution in [1.29, 1.82) is 0 Å². The molecule has 0 atom stereocenters. The summed E-state index contributed by atoms with van der Waals surface area (Å²) in [6.45, 7) is 0. The number of aliphatic imine (C=N–C) groups is 2. The summed E-state index contributed by atoms with van der Waals surface area (Å²) in [6, 6.07) is 0. The monoisotopic (exact) mass is 214 g/mol. The first kappa shape index (κ1) is 11.1. The molecular weight excluding hydrogens is 196 g/mol. The Morgan fingerprint density at radius 1 is 0.812 bits per heavy atom. The summed E-state index contributed by atoms with van der Waals surface area (Å²) >= 11 is 0. The zero-order valence-electron chi connectivity index (χ0n) is 9.60. The van der Waals surface area contributed by atoms with Gasteiger partial charge in [0.2, 0.25) is 0 Å². The highest BCUT2D eigenvalue weighted by atomic mass is 14.7. The highest BCUT2D eigenvalue weighted by Gasteiger charge is 2.20. The molecule has 0 aromatic heterocycles. The maximum absolute atomic E-state index is 4.15. The van der Waals surface area contributed by atoms with Crippen LogP contribution in [-0.4, -0.2) is 12.4 Å². The van der Waals surface area contributed by atoms with Crippen LogP contribution in [0.15, 0.2) is 34.5 Å². The molecule has 2 heterocycles. The molecule has 0 saturated heterocycles. The maximum Gasteiger partial charge on any atom is 0.187 e. The zero-order chi connectivity index (χ0) is 11.1. The second kappa shape index (κ2) is 6.21. The van der Waals surface area contributed by atoms with E-state index in [-0.39, 0.29) is 0 Å². The molecule has 0 unspecified atom stereocenters. The van der Waals surface area contributed by atoms with Crippen LogP contribution >= 0.6 is 0 Å². The van der Waals surface area contributed by atoms with E-state index in [1.165, 1.54) is 37.5 Å². The highest BCUT2D eigenvalue weighted by molar-refractivity contribution is 5.76. The molecule has 2 aliphatic heterocycles. The van der Waals surface area contributed by atoms with E-state index in [0.29, 0.717) is 0 Å². The minimum absolute atomic E-state index is 1.09. The van der Waals surface area contributed by atoms with Crippen LogP contribution in [-0.2, 0) is 0 Å². The third-order valence-electron chi connectivity index (χ3n) is 2.90. The van der Waals surface area contributed by atoms with E-state index in [2.05, 4.69) is 22.1 Å². The van der Waals surface area contributed by atoms with Crippen LogP contribution in [0, 0.1) is 11.8 Å². The Hall–Kier alpha value is -1.44. The molecule has 2 heteroatoms.